The Morgan fingerprint density at radius 3 is 2.57 bits per heavy atom. The number of carbonyl (C=O) groups excluding carboxylic acids is 2. The van der Waals surface area contributed by atoms with Crippen LogP contribution in [0.2, 0.25) is 0 Å². The van der Waals surface area contributed by atoms with E-state index in [1.165, 1.54) is 12.1 Å². The van der Waals surface area contributed by atoms with Crippen molar-refractivity contribution < 1.29 is 18.5 Å². The molecule has 0 saturated heterocycles. The lowest BCUT2D eigenvalue weighted by Crippen LogP contribution is -2.30. The maximum Gasteiger partial charge on any atom is 0.299 e. The number of anilines is 1. The molecule has 5 nitrogen and oxygen atoms in total. The Morgan fingerprint density at radius 2 is 1.95 bits per heavy atom. The summed E-state index contributed by atoms with van der Waals surface area (Å²) in [4.78, 5) is 25.3. The molecule has 1 amide bonds. The van der Waals surface area contributed by atoms with Gasteiger partial charge in [-0.15, -0.1) is 0 Å². The molecule has 0 atom stereocenters. The minimum atomic E-state index is -0.727. The van der Waals surface area contributed by atoms with Gasteiger partial charge in [-0.1, -0.05) is 5.16 Å². The molecule has 0 saturated carbocycles. The van der Waals surface area contributed by atoms with E-state index in [4.69, 9.17) is 4.52 Å². The number of Topliss-reactive ketones (excluding diaryl/α,β-unsaturated/α-hetero) is 1. The number of amides is 1. The molecule has 1 aliphatic heterocycles. The molecule has 0 fully saturated rings. The quantitative estimate of drug-likeness (QED) is 0.796. The van der Waals surface area contributed by atoms with Crippen LogP contribution in [-0.2, 0) is 11.3 Å². The second-order valence-electron chi connectivity index (χ2n) is 5.17. The molecule has 0 unspecified atom stereocenters. The molecule has 1 aromatic carbocycles. The number of rotatable bonds is 2. The first-order chi connectivity index (χ1) is 9.90. The SMILES string of the molecule is Cc1cc(F)c2c(c1)C(=O)C(=O)N2Cc1c(C)noc1C. The number of benzene rings is 1. The molecule has 1 aliphatic rings. The first-order valence-corrected chi connectivity index (χ1v) is 6.48. The average molecular weight is 288 g/mol. The number of nitrogens with zero attached hydrogens (tertiary/aromatic N) is 2. The summed E-state index contributed by atoms with van der Waals surface area (Å²) in [6.07, 6.45) is 0. The van der Waals surface area contributed by atoms with Crippen molar-refractivity contribution in [3.8, 4) is 0 Å². The molecule has 1 aromatic heterocycles. The summed E-state index contributed by atoms with van der Waals surface area (Å²) >= 11 is 0. The van der Waals surface area contributed by atoms with Crippen LogP contribution < -0.4 is 4.90 Å². The standard InChI is InChI=1S/C15H13FN2O3/c1-7-4-10-13(12(16)5-7)18(15(20)14(10)19)6-11-8(2)17-21-9(11)3/h4-5H,6H2,1-3H3. The van der Waals surface area contributed by atoms with Crippen LogP contribution in [0.25, 0.3) is 0 Å². The van der Waals surface area contributed by atoms with Gasteiger partial charge in [-0.3, -0.25) is 14.5 Å². The van der Waals surface area contributed by atoms with Crippen molar-refractivity contribution in [1.29, 1.82) is 0 Å². The molecule has 6 heteroatoms. The zero-order valence-corrected chi connectivity index (χ0v) is 11.9. The molecule has 2 heterocycles. The van der Waals surface area contributed by atoms with Crippen LogP contribution in [-0.4, -0.2) is 16.8 Å². The number of ketones is 1. The normalized spacial score (nSPS) is 14.0. The summed E-state index contributed by atoms with van der Waals surface area (Å²) in [6, 6.07) is 2.84. The predicted molar refractivity (Wildman–Crippen MR) is 72.6 cm³/mol. The summed E-state index contributed by atoms with van der Waals surface area (Å²) < 4.78 is 19.2. The van der Waals surface area contributed by atoms with E-state index >= 15 is 0 Å². The zero-order valence-electron chi connectivity index (χ0n) is 11.9. The first kappa shape index (κ1) is 13.5. The number of aryl methyl sites for hydroxylation is 3. The Labute approximate surface area is 120 Å². The highest BCUT2D eigenvalue weighted by molar-refractivity contribution is 6.52. The third-order valence-corrected chi connectivity index (χ3v) is 3.66. The van der Waals surface area contributed by atoms with Gasteiger partial charge in [-0.2, -0.15) is 0 Å². The molecule has 0 N–H and O–H groups in total. The number of carbonyl (C=O) groups is 2. The van der Waals surface area contributed by atoms with Crippen molar-refractivity contribution in [2.24, 2.45) is 0 Å². The van der Waals surface area contributed by atoms with E-state index in [9.17, 15) is 14.0 Å². The van der Waals surface area contributed by atoms with E-state index in [0.29, 0.717) is 22.6 Å². The minimum Gasteiger partial charge on any atom is -0.361 e. The fourth-order valence-corrected chi connectivity index (χ4v) is 2.56. The van der Waals surface area contributed by atoms with Gasteiger partial charge in [0.1, 0.15) is 11.6 Å². The first-order valence-electron chi connectivity index (χ1n) is 6.48. The van der Waals surface area contributed by atoms with Crippen molar-refractivity contribution in [3.63, 3.8) is 0 Å². The molecule has 3 rings (SSSR count). The van der Waals surface area contributed by atoms with Gasteiger partial charge in [-0.25, -0.2) is 4.39 Å². The van der Waals surface area contributed by atoms with E-state index in [1.807, 2.05) is 0 Å². The van der Waals surface area contributed by atoms with Gasteiger partial charge in [0.15, 0.2) is 0 Å². The largest absolute Gasteiger partial charge is 0.361 e. The van der Waals surface area contributed by atoms with Crippen LogP contribution in [0.4, 0.5) is 10.1 Å². The molecular weight excluding hydrogens is 275 g/mol. The van der Waals surface area contributed by atoms with Crippen LogP contribution in [0.1, 0.15) is 32.9 Å². The molecule has 0 spiro atoms. The third kappa shape index (κ3) is 1.94. The van der Waals surface area contributed by atoms with Crippen molar-refractivity contribution in [3.05, 3.63) is 46.1 Å². The molecule has 0 aliphatic carbocycles. The zero-order chi connectivity index (χ0) is 15.3. The Morgan fingerprint density at radius 1 is 1.24 bits per heavy atom. The lowest BCUT2D eigenvalue weighted by atomic mass is 10.1. The van der Waals surface area contributed by atoms with Crippen LogP contribution in [0.5, 0.6) is 0 Å². The molecule has 2 aromatic rings. The molecular formula is C15H13FN2O3. The number of fused-ring (bicyclic) bond motifs is 1. The Balaban J connectivity index is 2.10. The van der Waals surface area contributed by atoms with E-state index < -0.39 is 17.5 Å². The fourth-order valence-electron chi connectivity index (χ4n) is 2.56. The van der Waals surface area contributed by atoms with Crippen LogP contribution in [0, 0.1) is 26.6 Å². The number of halogens is 1. The summed E-state index contributed by atoms with van der Waals surface area (Å²) in [5.74, 6) is -1.43. The van der Waals surface area contributed by atoms with Gasteiger partial charge in [0, 0.05) is 5.56 Å². The van der Waals surface area contributed by atoms with Gasteiger partial charge in [-0.05, 0) is 38.5 Å². The van der Waals surface area contributed by atoms with Gasteiger partial charge >= 0.3 is 0 Å². The Hall–Kier alpha value is -2.50. The monoisotopic (exact) mass is 288 g/mol. The van der Waals surface area contributed by atoms with E-state index in [-0.39, 0.29) is 17.8 Å². The number of hydrogen-bond donors (Lipinski definition) is 0. The second-order valence-corrected chi connectivity index (χ2v) is 5.17. The summed E-state index contributed by atoms with van der Waals surface area (Å²) in [7, 11) is 0. The highest BCUT2D eigenvalue weighted by Crippen LogP contribution is 2.34. The van der Waals surface area contributed by atoms with Gasteiger partial charge in [0.2, 0.25) is 0 Å². The van der Waals surface area contributed by atoms with Crippen molar-refractivity contribution in [2.75, 3.05) is 4.90 Å². The van der Waals surface area contributed by atoms with Gasteiger partial charge in [0.05, 0.1) is 23.5 Å². The van der Waals surface area contributed by atoms with Gasteiger partial charge in [0.25, 0.3) is 11.7 Å². The topological polar surface area (TPSA) is 63.4 Å². The van der Waals surface area contributed by atoms with E-state index in [1.54, 1.807) is 20.8 Å². The second kappa shape index (κ2) is 4.51. The Bertz CT molecular complexity index is 760. The third-order valence-electron chi connectivity index (χ3n) is 3.66. The van der Waals surface area contributed by atoms with Crippen molar-refractivity contribution in [1.82, 2.24) is 5.16 Å². The van der Waals surface area contributed by atoms with Crippen molar-refractivity contribution >= 4 is 17.4 Å². The number of aromatic nitrogens is 1. The Kier molecular flexibility index (Phi) is 2.90. The molecule has 0 radical (unpaired) electrons. The maximum atomic E-state index is 14.2. The molecule has 0 bridgehead atoms. The van der Waals surface area contributed by atoms with Gasteiger partial charge < -0.3 is 4.52 Å². The lowest BCUT2D eigenvalue weighted by molar-refractivity contribution is -0.114. The van der Waals surface area contributed by atoms with Crippen LogP contribution in [0.3, 0.4) is 0 Å². The van der Waals surface area contributed by atoms with Crippen LogP contribution >= 0.6 is 0 Å². The van der Waals surface area contributed by atoms with Crippen LogP contribution in [0.15, 0.2) is 16.7 Å². The summed E-state index contributed by atoms with van der Waals surface area (Å²) in [5, 5.41) is 3.80. The smallest absolute Gasteiger partial charge is 0.299 e. The minimum absolute atomic E-state index is 0.0376. The summed E-state index contributed by atoms with van der Waals surface area (Å²) in [5.41, 5.74) is 2.06. The average Bonchev–Trinajstić information content (AvgIpc) is 2.85. The lowest BCUT2D eigenvalue weighted by Gasteiger charge is -2.17. The molecule has 21 heavy (non-hydrogen) atoms. The summed E-state index contributed by atoms with van der Waals surface area (Å²) in [6.45, 7) is 5.20. The fraction of sp³-hybridized carbons (Fsp3) is 0.267. The van der Waals surface area contributed by atoms with E-state index in [0.717, 1.165) is 4.90 Å². The maximum absolute atomic E-state index is 14.2. The van der Waals surface area contributed by atoms with Crippen molar-refractivity contribution in [2.45, 2.75) is 27.3 Å². The highest BCUT2D eigenvalue weighted by Gasteiger charge is 2.39. The predicted octanol–water partition coefficient (Wildman–Crippen LogP) is 2.47. The molecule has 108 valence electrons. The highest BCUT2D eigenvalue weighted by atomic mass is 19.1. The van der Waals surface area contributed by atoms with E-state index in [2.05, 4.69) is 5.16 Å². The number of hydrogen-bond acceptors (Lipinski definition) is 4.